The van der Waals surface area contributed by atoms with Crippen LogP contribution in [0.15, 0.2) is 23.1 Å². The van der Waals surface area contributed by atoms with Gasteiger partial charge in [0.15, 0.2) is 0 Å². The van der Waals surface area contributed by atoms with Crippen LogP contribution in [0.5, 0.6) is 0 Å². The molecule has 0 aliphatic heterocycles. The maximum Gasteiger partial charge on any atom is 0.245 e. The summed E-state index contributed by atoms with van der Waals surface area (Å²) in [4.78, 5) is -0.502. The van der Waals surface area contributed by atoms with E-state index in [1.165, 1.54) is 12.1 Å². The number of benzene rings is 1. The van der Waals surface area contributed by atoms with Crippen LogP contribution >= 0.6 is 11.6 Å². The Morgan fingerprint density at radius 1 is 1.40 bits per heavy atom. The van der Waals surface area contributed by atoms with Gasteiger partial charge in [-0.1, -0.05) is 30.5 Å². The second kappa shape index (κ2) is 6.39. The third kappa shape index (κ3) is 3.31. The molecule has 0 aromatic heterocycles. The molecule has 1 atom stereocenters. The van der Waals surface area contributed by atoms with Crippen LogP contribution in [-0.4, -0.2) is 21.0 Å². The summed E-state index contributed by atoms with van der Waals surface area (Å²) in [6, 6.07) is 3.42. The predicted molar refractivity (Wildman–Crippen MR) is 76.5 cm³/mol. The zero-order valence-electron chi connectivity index (χ0n) is 11.0. The summed E-state index contributed by atoms with van der Waals surface area (Å²) in [5.74, 6) is -0.646. The van der Waals surface area contributed by atoms with Crippen molar-refractivity contribution in [3.05, 3.63) is 29.0 Å². The topological polar surface area (TPSA) is 72.2 Å². The lowest BCUT2D eigenvalue weighted by atomic mass is 9.99. The van der Waals surface area contributed by atoms with Crippen LogP contribution in [0.25, 0.3) is 0 Å². The molecular formula is C13H18ClFN2O2S. The van der Waals surface area contributed by atoms with E-state index in [2.05, 4.69) is 4.72 Å². The fraction of sp³-hybridized carbons (Fsp3) is 0.538. The quantitative estimate of drug-likeness (QED) is 0.874. The summed E-state index contributed by atoms with van der Waals surface area (Å²) < 4.78 is 40.9. The smallest absolute Gasteiger partial charge is 0.245 e. The average Bonchev–Trinajstić information content (AvgIpc) is 2.89. The van der Waals surface area contributed by atoms with Crippen molar-refractivity contribution in [2.75, 3.05) is 6.54 Å². The number of nitrogens with one attached hydrogen (secondary N) is 1. The largest absolute Gasteiger partial charge is 0.329 e. The van der Waals surface area contributed by atoms with Gasteiger partial charge < -0.3 is 5.73 Å². The van der Waals surface area contributed by atoms with Crippen molar-refractivity contribution in [1.82, 2.24) is 4.72 Å². The zero-order chi connectivity index (χ0) is 14.8. The molecule has 1 aliphatic carbocycles. The van der Waals surface area contributed by atoms with Crippen molar-refractivity contribution in [2.24, 2.45) is 11.7 Å². The summed E-state index contributed by atoms with van der Waals surface area (Å²) >= 11 is 5.81. The van der Waals surface area contributed by atoms with Gasteiger partial charge in [-0.25, -0.2) is 17.5 Å². The molecule has 0 saturated heterocycles. The molecule has 4 nitrogen and oxygen atoms in total. The molecule has 1 saturated carbocycles. The van der Waals surface area contributed by atoms with Crippen molar-refractivity contribution < 1.29 is 12.8 Å². The predicted octanol–water partition coefficient (Wildman–Crippen LogP) is 2.27. The van der Waals surface area contributed by atoms with Crippen molar-refractivity contribution in [3.8, 4) is 0 Å². The molecule has 0 radical (unpaired) electrons. The van der Waals surface area contributed by atoms with Crippen molar-refractivity contribution in [1.29, 1.82) is 0 Å². The molecule has 0 amide bonds. The first kappa shape index (κ1) is 15.7. The molecule has 2 rings (SSSR count). The monoisotopic (exact) mass is 320 g/mol. The molecule has 1 fully saturated rings. The van der Waals surface area contributed by atoms with E-state index in [1.807, 2.05) is 0 Å². The fourth-order valence-corrected chi connectivity index (χ4v) is 4.62. The van der Waals surface area contributed by atoms with Gasteiger partial charge in [-0.2, -0.15) is 0 Å². The van der Waals surface area contributed by atoms with Crippen molar-refractivity contribution in [2.45, 2.75) is 36.6 Å². The van der Waals surface area contributed by atoms with Gasteiger partial charge in [-0.05, 0) is 30.9 Å². The number of rotatable bonds is 5. The molecular weight excluding hydrogens is 303 g/mol. The van der Waals surface area contributed by atoms with E-state index in [4.69, 9.17) is 17.3 Å². The van der Waals surface area contributed by atoms with Crippen molar-refractivity contribution in [3.63, 3.8) is 0 Å². The minimum Gasteiger partial charge on any atom is -0.329 e. The lowest BCUT2D eigenvalue weighted by molar-refractivity contribution is 0.404. The Hall–Kier alpha value is -0.690. The number of nitrogens with two attached hydrogens (primary N) is 1. The Labute approximate surface area is 123 Å². The molecule has 1 aliphatic rings. The van der Waals surface area contributed by atoms with Gasteiger partial charge in [0.2, 0.25) is 10.0 Å². The standard InChI is InChI=1S/C13H18ClFN2O2S/c14-10-6-3-7-11(15)13(10)20(18,19)17-12(8-16)9-4-1-2-5-9/h3,6-7,9,12,17H,1-2,4-5,8,16H2. The van der Waals surface area contributed by atoms with Crippen LogP contribution < -0.4 is 10.5 Å². The van der Waals surface area contributed by atoms with E-state index in [-0.39, 0.29) is 23.5 Å². The molecule has 1 aromatic rings. The Balaban J connectivity index is 2.26. The molecule has 1 aromatic carbocycles. The van der Waals surface area contributed by atoms with E-state index in [0.29, 0.717) is 0 Å². The number of hydrogen-bond donors (Lipinski definition) is 2. The first-order valence-corrected chi connectivity index (χ1v) is 8.48. The van der Waals surface area contributed by atoms with Crippen LogP contribution in [0.2, 0.25) is 5.02 Å². The highest BCUT2D eigenvalue weighted by Gasteiger charge is 2.30. The Bertz CT molecular complexity index is 553. The zero-order valence-corrected chi connectivity index (χ0v) is 12.6. The normalized spacial score (nSPS) is 18.4. The molecule has 0 spiro atoms. The van der Waals surface area contributed by atoms with Crippen LogP contribution in [0.3, 0.4) is 0 Å². The molecule has 20 heavy (non-hydrogen) atoms. The lowest BCUT2D eigenvalue weighted by Gasteiger charge is -2.23. The summed E-state index contributed by atoms with van der Waals surface area (Å²) in [6.45, 7) is 0.190. The first-order chi connectivity index (χ1) is 9.45. The van der Waals surface area contributed by atoms with Crippen LogP contribution in [-0.2, 0) is 10.0 Å². The summed E-state index contributed by atoms with van der Waals surface area (Å²) in [5, 5.41) is -0.125. The Morgan fingerprint density at radius 3 is 2.60 bits per heavy atom. The van der Waals surface area contributed by atoms with Gasteiger partial charge in [-0.15, -0.1) is 0 Å². The minimum atomic E-state index is -4.01. The fourth-order valence-electron chi connectivity index (χ4n) is 2.69. The third-order valence-corrected chi connectivity index (χ3v) is 5.71. The molecule has 112 valence electrons. The van der Waals surface area contributed by atoms with Crippen LogP contribution in [0.1, 0.15) is 25.7 Å². The minimum absolute atomic E-state index is 0.125. The molecule has 7 heteroatoms. The van der Waals surface area contributed by atoms with E-state index in [1.54, 1.807) is 0 Å². The average molecular weight is 321 g/mol. The summed E-state index contributed by atoms with van der Waals surface area (Å²) in [7, 11) is -4.01. The molecule has 1 unspecified atom stereocenters. The summed E-state index contributed by atoms with van der Waals surface area (Å²) in [5.41, 5.74) is 5.66. The van der Waals surface area contributed by atoms with E-state index >= 15 is 0 Å². The van der Waals surface area contributed by atoms with Crippen LogP contribution in [0, 0.1) is 11.7 Å². The number of halogens is 2. The lowest BCUT2D eigenvalue weighted by Crippen LogP contribution is -2.44. The maximum atomic E-state index is 13.7. The maximum absolute atomic E-state index is 13.7. The number of sulfonamides is 1. The van der Waals surface area contributed by atoms with E-state index < -0.39 is 20.7 Å². The third-order valence-electron chi connectivity index (χ3n) is 3.72. The van der Waals surface area contributed by atoms with Gasteiger partial charge >= 0.3 is 0 Å². The second-order valence-corrected chi connectivity index (χ2v) is 7.12. The first-order valence-electron chi connectivity index (χ1n) is 6.62. The second-order valence-electron chi connectivity index (χ2n) is 5.06. The molecule has 0 bridgehead atoms. The highest BCUT2D eigenvalue weighted by Crippen LogP contribution is 2.29. The van der Waals surface area contributed by atoms with Crippen LogP contribution in [0.4, 0.5) is 4.39 Å². The SMILES string of the molecule is NCC(NS(=O)(=O)c1c(F)cccc1Cl)C1CCCC1. The van der Waals surface area contributed by atoms with Gasteiger partial charge in [0.1, 0.15) is 10.7 Å². The van der Waals surface area contributed by atoms with Crippen molar-refractivity contribution >= 4 is 21.6 Å². The Kier molecular flexibility index (Phi) is 5.01. The van der Waals surface area contributed by atoms with Gasteiger partial charge in [0.25, 0.3) is 0 Å². The number of hydrogen-bond acceptors (Lipinski definition) is 3. The highest BCUT2D eigenvalue weighted by atomic mass is 35.5. The molecule has 0 heterocycles. The van der Waals surface area contributed by atoms with Gasteiger partial charge in [0.05, 0.1) is 5.02 Å². The molecule has 3 N–H and O–H groups in total. The van der Waals surface area contributed by atoms with E-state index in [9.17, 15) is 12.8 Å². The van der Waals surface area contributed by atoms with E-state index in [0.717, 1.165) is 31.7 Å². The van der Waals surface area contributed by atoms with Gasteiger partial charge in [-0.3, -0.25) is 0 Å². The highest BCUT2D eigenvalue weighted by molar-refractivity contribution is 7.89. The Morgan fingerprint density at radius 2 is 2.05 bits per heavy atom. The van der Waals surface area contributed by atoms with Gasteiger partial charge in [0, 0.05) is 12.6 Å². The summed E-state index contributed by atoms with van der Waals surface area (Å²) in [6.07, 6.45) is 4.03.